The predicted octanol–water partition coefficient (Wildman–Crippen LogP) is 3.37. The summed E-state index contributed by atoms with van der Waals surface area (Å²) in [6.45, 7) is 6.70. The van der Waals surface area contributed by atoms with Crippen LogP contribution in [0.5, 0.6) is 0 Å². The zero-order chi connectivity index (χ0) is 14.6. The normalized spacial score (nSPS) is 23.8. The third kappa shape index (κ3) is 4.29. The highest BCUT2D eigenvalue weighted by Gasteiger charge is 2.20. The molecular weight excluding hydrogens is 248 g/mol. The van der Waals surface area contributed by atoms with E-state index in [2.05, 4.69) is 23.3 Å². The highest BCUT2D eigenvalue weighted by Crippen LogP contribution is 2.26. The van der Waals surface area contributed by atoms with Gasteiger partial charge in [-0.05, 0) is 57.1 Å². The number of rotatable bonds is 5. The molecule has 1 saturated carbocycles. The summed E-state index contributed by atoms with van der Waals surface area (Å²) in [6, 6.07) is 4.64. The minimum absolute atomic E-state index is 0.659. The first-order chi connectivity index (χ1) is 9.49. The standard InChI is InChI=1S/C17H28N2O/c1-4-13-5-8-15(9-6-13)18-11-14-7-10-16(19-12-14)17(2,3)20/h7,10,12-13,15,18,20H,4-6,8-9,11H2,1-3H3. The SMILES string of the molecule is CCC1CCC(NCc2ccc(C(C)(C)O)nc2)CC1. The van der Waals surface area contributed by atoms with Gasteiger partial charge in [0.1, 0.15) is 5.60 Å². The van der Waals surface area contributed by atoms with E-state index in [0.29, 0.717) is 6.04 Å². The van der Waals surface area contributed by atoms with Crippen LogP contribution in [0.15, 0.2) is 18.3 Å². The molecule has 1 heterocycles. The van der Waals surface area contributed by atoms with E-state index in [0.717, 1.165) is 18.2 Å². The zero-order valence-corrected chi connectivity index (χ0v) is 13.0. The Hall–Kier alpha value is -0.930. The second-order valence-electron chi connectivity index (χ2n) is 6.62. The molecule has 0 aromatic carbocycles. The summed E-state index contributed by atoms with van der Waals surface area (Å²) in [4.78, 5) is 4.35. The molecule has 0 unspecified atom stereocenters. The van der Waals surface area contributed by atoms with Gasteiger partial charge in [-0.2, -0.15) is 0 Å². The van der Waals surface area contributed by atoms with Crippen molar-refractivity contribution < 1.29 is 5.11 Å². The fourth-order valence-corrected chi connectivity index (χ4v) is 2.93. The number of nitrogens with one attached hydrogen (secondary N) is 1. The molecule has 1 fully saturated rings. The molecule has 112 valence electrons. The molecule has 0 aliphatic heterocycles. The fourth-order valence-electron chi connectivity index (χ4n) is 2.93. The van der Waals surface area contributed by atoms with E-state index < -0.39 is 5.60 Å². The first-order valence-corrected chi connectivity index (χ1v) is 7.90. The lowest BCUT2D eigenvalue weighted by Crippen LogP contribution is -2.32. The van der Waals surface area contributed by atoms with Crippen molar-refractivity contribution in [2.75, 3.05) is 0 Å². The summed E-state index contributed by atoms with van der Waals surface area (Å²) in [5.41, 5.74) is 1.06. The lowest BCUT2D eigenvalue weighted by Gasteiger charge is -2.28. The Bertz CT molecular complexity index is 400. The second-order valence-corrected chi connectivity index (χ2v) is 6.62. The van der Waals surface area contributed by atoms with Gasteiger partial charge in [0.05, 0.1) is 5.69 Å². The number of hydrogen-bond acceptors (Lipinski definition) is 3. The van der Waals surface area contributed by atoms with Crippen molar-refractivity contribution in [1.82, 2.24) is 10.3 Å². The Kier molecular flexibility index (Phi) is 5.17. The Labute approximate surface area is 122 Å². The van der Waals surface area contributed by atoms with Gasteiger partial charge in [0.25, 0.3) is 0 Å². The van der Waals surface area contributed by atoms with Gasteiger partial charge in [-0.15, -0.1) is 0 Å². The van der Waals surface area contributed by atoms with E-state index in [9.17, 15) is 5.11 Å². The van der Waals surface area contributed by atoms with Crippen molar-refractivity contribution in [3.05, 3.63) is 29.6 Å². The van der Waals surface area contributed by atoms with Crippen LogP contribution >= 0.6 is 0 Å². The van der Waals surface area contributed by atoms with Crippen molar-refractivity contribution >= 4 is 0 Å². The lowest BCUT2D eigenvalue weighted by atomic mass is 9.84. The Balaban J connectivity index is 1.80. The van der Waals surface area contributed by atoms with E-state index in [4.69, 9.17) is 0 Å². The van der Waals surface area contributed by atoms with Gasteiger partial charge in [0, 0.05) is 18.8 Å². The Morgan fingerprint density at radius 1 is 1.25 bits per heavy atom. The zero-order valence-electron chi connectivity index (χ0n) is 13.0. The molecule has 3 heteroatoms. The summed E-state index contributed by atoms with van der Waals surface area (Å²) in [5.74, 6) is 0.945. The molecule has 0 spiro atoms. The molecule has 1 aliphatic carbocycles. The molecule has 0 bridgehead atoms. The van der Waals surface area contributed by atoms with Crippen LogP contribution in [0, 0.1) is 5.92 Å². The second kappa shape index (κ2) is 6.68. The van der Waals surface area contributed by atoms with Crippen molar-refractivity contribution in [2.24, 2.45) is 5.92 Å². The van der Waals surface area contributed by atoms with Crippen molar-refractivity contribution in [3.8, 4) is 0 Å². The van der Waals surface area contributed by atoms with Crippen molar-refractivity contribution in [2.45, 2.75) is 71.1 Å². The smallest absolute Gasteiger partial charge is 0.101 e. The van der Waals surface area contributed by atoms with E-state index in [1.165, 1.54) is 37.7 Å². The average molecular weight is 276 g/mol. The monoisotopic (exact) mass is 276 g/mol. The number of hydrogen-bond donors (Lipinski definition) is 2. The first-order valence-electron chi connectivity index (χ1n) is 7.90. The largest absolute Gasteiger partial charge is 0.384 e. The molecule has 2 rings (SSSR count). The van der Waals surface area contributed by atoms with Crippen LogP contribution in [0.3, 0.4) is 0 Å². The summed E-state index contributed by atoms with van der Waals surface area (Å²) in [6.07, 6.45) is 8.53. The van der Waals surface area contributed by atoms with E-state index >= 15 is 0 Å². The molecule has 0 radical (unpaired) electrons. The molecule has 1 aromatic rings. The van der Waals surface area contributed by atoms with Gasteiger partial charge in [-0.3, -0.25) is 4.98 Å². The predicted molar refractivity (Wildman–Crippen MR) is 82.4 cm³/mol. The van der Waals surface area contributed by atoms with Gasteiger partial charge in [-0.1, -0.05) is 19.4 Å². The number of aromatic nitrogens is 1. The van der Waals surface area contributed by atoms with Gasteiger partial charge in [0.2, 0.25) is 0 Å². The van der Waals surface area contributed by atoms with Crippen molar-refractivity contribution in [1.29, 1.82) is 0 Å². The maximum Gasteiger partial charge on any atom is 0.101 e. The molecule has 1 aliphatic rings. The summed E-state index contributed by atoms with van der Waals surface area (Å²) in [5, 5.41) is 13.5. The Morgan fingerprint density at radius 3 is 2.45 bits per heavy atom. The third-order valence-electron chi connectivity index (χ3n) is 4.47. The minimum atomic E-state index is -0.857. The van der Waals surface area contributed by atoms with E-state index in [1.807, 2.05) is 12.3 Å². The van der Waals surface area contributed by atoms with E-state index in [1.54, 1.807) is 13.8 Å². The maximum atomic E-state index is 9.88. The number of aliphatic hydroxyl groups is 1. The van der Waals surface area contributed by atoms with Gasteiger partial charge < -0.3 is 10.4 Å². The fraction of sp³-hybridized carbons (Fsp3) is 0.706. The van der Waals surface area contributed by atoms with Gasteiger partial charge in [0.15, 0.2) is 0 Å². The molecule has 1 aromatic heterocycles. The highest BCUT2D eigenvalue weighted by atomic mass is 16.3. The third-order valence-corrected chi connectivity index (χ3v) is 4.47. The van der Waals surface area contributed by atoms with Gasteiger partial charge in [-0.25, -0.2) is 0 Å². The molecule has 3 nitrogen and oxygen atoms in total. The van der Waals surface area contributed by atoms with E-state index in [-0.39, 0.29) is 0 Å². The minimum Gasteiger partial charge on any atom is -0.384 e. The van der Waals surface area contributed by atoms with Crippen LogP contribution in [0.1, 0.15) is 64.1 Å². The van der Waals surface area contributed by atoms with Crippen molar-refractivity contribution in [3.63, 3.8) is 0 Å². The molecule has 2 N–H and O–H groups in total. The molecule has 0 atom stereocenters. The number of nitrogens with zero attached hydrogens (tertiary/aromatic N) is 1. The quantitative estimate of drug-likeness (QED) is 0.866. The van der Waals surface area contributed by atoms with Crippen LogP contribution < -0.4 is 5.32 Å². The summed E-state index contributed by atoms with van der Waals surface area (Å²) < 4.78 is 0. The molecule has 20 heavy (non-hydrogen) atoms. The average Bonchev–Trinajstić information content (AvgIpc) is 2.45. The highest BCUT2D eigenvalue weighted by molar-refractivity contribution is 5.17. The summed E-state index contributed by atoms with van der Waals surface area (Å²) in [7, 11) is 0. The molecule has 0 amide bonds. The van der Waals surface area contributed by atoms with Crippen LogP contribution in [0.25, 0.3) is 0 Å². The van der Waals surface area contributed by atoms with Crippen LogP contribution in [0.4, 0.5) is 0 Å². The number of pyridine rings is 1. The summed E-state index contributed by atoms with van der Waals surface area (Å²) >= 11 is 0. The topological polar surface area (TPSA) is 45.1 Å². The van der Waals surface area contributed by atoms with Crippen LogP contribution in [-0.4, -0.2) is 16.1 Å². The van der Waals surface area contributed by atoms with Crippen LogP contribution in [-0.2, 0) is 12.1 Å². The maximum absolute atomic E-state index is 9.88. The Morgan fingerprint density at radius 2 is 1.95 bits per heavy atom. The molecular formula is C17H28N2O. The van der Waals surface area contributed by atoms with Gasteiger partial charge >= 0.3 is 0 Å². The van der Waals surface area contributed by atoms with Crippen LogP contribution in [0.2, 0.25) is 0 Å². The lowest BCUT2D eigenvalue weighted by molar-refractivity contribution is 0.0738. The first kappa shape index (κ1) is 15.5. The molecule has 0 saturated heterocycles.